The Hall–Kier alpha value is -2.40. The van der Waals surface area contributed by atoms with Crippen molar-refractivity contribution < 1.29 is 31.6 Å². The van der Waals surface area contributed by atoms with E-state index in [1.165, 1.54) is 23.0 Å². The molecule has 0 saturated carbocycles. The summed E-state index contributed by atoms with van der Waals surface area (Å²) in [6.45, 7) is 7.19. The van der Waals surface area contributed by atoms with Gasteiger partial charge in [-0.25, -0.2) is 9.07 Å². The highest BCUT2D eigenvalue weighted by molar-refractivity contribution is 6.54. The van der Waals surface area contributed by atoms with Gasteiger partial charge in [0.25, 0.3) is 0 Å². The number of ether oxygens (including phenoxy) is 1. The van der Waals surface area contributed by atoms with Crippen LogP contribution >= 0.6 is 0 Å². The second kappa shape index (κ2) is 6.89. The van der Waals surface area contributed by atoms with Crippen molar-refractivity contribution in [1.29, 1.82) is 0 Å². The van der Waals surface area contributed by atoms with E-state index in [-0.39, 0.29) is 11.4 Å². The lowest BCUT2D eigenvalue weighted by molar-refractivity contribution is -0.274. The number of benzene rings is 1. The SMILES string of the molecule is CC1(C)OB(C(F)=Cc2cn(-c3cccc(OC(F)(F)F)c3)nn2)OC1(C)C. The zero-order valence-corrected chi connectivity index (χ0v) is 15.6. The lowest BCUT2D eigenvalue weighted by Crippen LogP contribution is -2.41. The van der Waals surface area contributed by atoms with Crippen molar-refractivity contribution >= 4 is 13.2 Å². The molecule has 0 aliphatic carbocycles. The van der Waals surface area contributed by atoms with E-state index in [9.17, 15) is 17.6 Å². The van der Waals surface area contributed by atoms with Gasteiger partial charge < -0.3 is 14.0 Å². The molecule has 1 aromatic heterocycles. The highest BCUT2D eigenvalue weighted by atomic mass is 19.4. The molecule has 2 aromatic rings. The van der Waals surface area contributed by atoms with E-state index in [0.717, 1.165) is 18.2 Å². The molecule has 1 aromatic carbocycles. The number of alkyl halides is 3. The minimum Gasteiger partial charge on any atom is -0.406 e. The molecule has 2 heterocycles. The van der Waals surface area contributed by atoms with Crippen molar-refractivity contribution in [2.24, 2.45) is 0 Å². The van der Waals surface area contributed by atoms with Crippen molar-refractivity contribution in [1.82, 2.24) is 15.0 Å². The van der Waals surface area contributed by atoms with Gasteiger partial charge in [0.1, 0.15) is 17.2 Å². The van der Waals surface area contributed by atoms with Crippen LogP contribution in [0.15, 0.2) is 36.2 Å². The Balaban J connectivity index is 1.78. The maximum Gasteiger partial charge on any atom is 0.573 e. The van der Waals surface area contributed by atoms with Crippen molar-refractivity contribution in [3.8, 4) is 11.4 Å². The Labute approximate surface area is 159 Å². The molecule has 0 atom stereocenters. The van der Waals surface area contributed by atoms with E-state index in [1.807, 2.05) is 0 Å². The zero-order valence-electron chi connectivity index (χ0n) is 15.6. The van der Waals surface area contributed by atoms with Crippen LogP contribution in [0, 0.1) is 0 Å². The molecule has 28 heavy (non-hydrogen) atoms. The van der Waals surface area contributed by atoms with Gasteiger partial charge in [0.2, 0.25) is 0 Å². The van der Waals surface area contributed by atoms with Crippen LogP contribution in [0.5, 0.6) is 5.75 Å². The molecular weight excluding hydrogens is 381 g/mol. The van der Waals surface area contributed by atoms with Crippen LogP contribution in [0.25, 0.3) is 11.8 Å². The summed E-state index contributed by atoms with van der Waals surface area (Å²) in [7, 11) is -1.18. The molecule has 1 fully saturated rings. The van der Waals surface area contributed by atoms with Gasteiger partial charge in [-0.3, -0.25) is 0 Å². The first kappa shape index (κ1) is 20.3. The Kier molecular flexibility index (Phi) is 5.01. The molecule has 0 radical (unpaired) electrons. The molecule has 0 spiro atoms. The van der Waals surface area contributed by atoms with Crippen LogP contribution in [-0.4, -0.2) is 39.7 Å². The van der Waals surface area contributed by atoms with Gasteiger partial charge in [-0.05, 0) is 45.9 Å². The molecule has 0 unspecified atom stereocenters. The van der Waals surface area contributed by atoms with Crippen LogP contribution < -0.4 is 4.74 Å². The van der Waals surface area contributed by atoms with E-state index >= 15 is 0 Å². The third-order valence-corrected chi connectivity index (χ3v) is 4.59. The predicted molar refractivity (Wildman–Crippen MR) is 93.2 cm³/mol. The monoisotopic (exact) mass is 399 g/mol. The predicted octanol–water partition coefficient (Wildman–Crippen LogP) is 4.11. The van der Waals surface area contributed by atoms with Crippen molar-refractivity contribution in [2.45, 2.75) is 45.3 Å². The van der Waals surface area contributed by atoms with Gasteiger partial charge in [-0.1, -0.05) is 11.3 Å². The summed E-state index contributed by atoms with van der Waals surface area (Å²) in [5, 5.41) is 7.60. The molecule has 1 saturated heterocycles. The fourth-order valence-electron chi connectivity index (χ4n) is 2.46. The molecule has 11 heteroatoms. The quantitative estimate of drug-likeness (QED) is 0.572. The van der Waals surface area contributed by atoms with Crippen LogP contribution in [0.4, 0.5) is 17.6 Å². The van der Waals surface area contributed by atoms with Gasteiger partial charge in [-0.15, -0.1) is 18.3 Å². The normalized spacial score (nSPS) is 19.1. The molecule has 1 aliphatic rings. The van der Waals surface area contributed by atoms with Crippen molar-refractivity contribution in [3.63, 3.8) is 0 Å². The van der Waals surface area contributed by atoms with E-state index < -0.39 is 36.2 Å². The van der Waals surface area contributed by atoms with E-state index in [2.05, 4.69) is 15.0 Å². The van der Waals surface area contributed by atoms with Gasteiger partial charge in [0.05, 0.1) is 23.1 Å². The third-order valence-electron chi connectivity index (χ3n) is 4.59. The van der Waals surface area contributed by atoms with E-state index in [0.29, 0.717) is 0 Å². The first-order valence-corrected chi connectivity index (χ1v) is 8.38. The Morgan fingerprint density at radius 3 is 2.43 bits per heavy atom. The smallest absolute Gasteiger partial charge is 0.406 e. The average Bonchev–Trinajstić information content (AvgIpc) is 3.08. The van der Waals surface area contributed by atoms with E-state index in [4.69, 9.17) is 9.31 Å². The largest absolute Gasteiger partial charge is 0.573 e. The van der Waals surface area contributed by atoms with Crippen molar-refractivity contribution in [3.05, 3.63) is 41.9 Å². The Morgan fingerprint density at radius 2 is 1.82 bits per heavy atom. The fraction of sp³-hybridized carbons (Fsp3) is 0.412. The van der Waals surface area contributed by atoms with Crippen LogP contribution in [-0.2, 0) is 9.31 Å². The molecule has 0 N–H and O–H groups in total. The summed E-state index contributed by atoms with van der Waals surface area (Å²) in [4.78, 5) is 0. The number of rotatable bonds is 4. The highest BCUT2D eigenvalue weighted by Gasteiger charge is 2.53. The summed E-state index contributed by atoms with van der Waals surface area (Å²) < 4.78 is 67.9. The Morgan fingerprint density at radius 1 is 1.18 bits per heavy atom. The standard InChI is InChI=1S/C17H18BF4N3O3/c1-15(2)16(3,4)28-18(27-15)14(19)8-11-10-25(24-23-11)12-6-5-7-13(9-12)26-17(20,21)22/h5-10H,1-4H3. The number of hydrogen-bond donors (Lipinski definition) is 0. The second-order valence-corrected chi connectivity index (χ2v) is 7.25. The van der Waals surface area contributed by atoms with Crippen LogP contribution in [0.1, 0.15) is 33.4 Å². The van der Waals surface area contributed by atoms with Crippen molar-refractivity contribution in [2.75, 3.05) is 0 Å². The minimum atomic E-state index is -4.80. The van der Waals surface area contributed by atoms with Gasteiger partial charge in [0, 0.05) is 6.07 Å². The number of hydrogen-bond acceptors (Lipinski definition) is 5. The van der Waals surface area contributed by atoms with Gasteiger partial charge in [-0.2, -0.15) is 0 Å². The summed E-state index contributed by atoms with van der Waals surface area (Å²) in [5.74, 6) is -0.402. The molecule has 3 rings (SSSR count). The average molecular weight is 399 g/mol. The first-order valence-electron chi connectivity index (χ1n) is 8.38. The summed E-state index contributed by atoms with van der Waals surface area (Å²) in [5.41, 5.74) is -1.67. The number of halogens is 4. The van der Waals surface area contributed by atoms with Crippen LogP contribution in [0.2, 0.25) is 0 Å². The third kappa shape index (κ3) is 4.36. The molecule has 0 bridgehead atoms. The summed E-state index contributed by atoms with van der Waals surface area (Å²) >= 11 is 0. The van der Waals surface area contributed by atoms with Gasteiger partial charge >= 0.3 is 13.5 Å². The molecule has 6 nitrogen and oxygen atoms in total. The summed E-state index contributed by atoms with van der Waals surface area (Å²) in [6, 6.07) is 5.18. The highest BCUT2D eigenvalue weighted by Crippen LogP contribution is 2.39. The molecule has 1 aliphatic heterocycles. The van der Waals surface area contributed by atoms with Gasteiger partial charge in [0.15, 0.2) is 0 Å². The summed E-state index contributed by atoms with van der Waals surface area (Å²) in [6.07, 6.45) is -2.35. The number of aromatic nitrogens is 3. The van der Waals surface area contributed by atoms with Crippen LogP contribution in [0.3, 0.4) is 0 Å². The maximum absolute atomic E-state index is 14.5. The molecular formula is C17H18BF4N3O3. The lowest BCUT2D eigenvalue weighted by atomic mass is 9.87. The fourth-order valence-corrected chi connectivity index (χ4v) is 2.46. The number of nitrogens with zero attached hydrogens (tertiary/aromatic N) is 3. The topological polar surface area (TPSA) is 58.4 Å². The molecule has 150 valence electrons. The lowest BCUT2D eigenvalue weighted by Gasteiger charge is -2.32. The zero-order chi connectivity index (χ0) is 20.7. The van der Waals surface area contributed by atoms with E-state index in [1.54, 1.807) is 27.7 Å². The maximum atomic E-state index is 14.5. The Bertz CT molecular complexity index is 880. The minimum absolute atomic E-state index is 0.148. The first-order chi connectivity index (χ1) is 12.9. The molecule has 0 amide bonds. The second-order valence-electron chi connectivity index (χ2n) is 7.25.